The molecule has 0 radical (unpaired) electrons. The molecule has 0 unspecified atom stereocenters. The third-order valence-electron chi connectivity index (χ3n) is 3.47. The van der Waals surface area contributed by atoms with Gasteiger partial charge in [-0.25, -0.2) is 0 Å². The van der Waals surface area contributed by atoms with Gasteiger partial charge in [-0.1, -0.05) is 6.07 Å². The van der Waals surface area contributed by atoms with Crippen LogP contribution >= 0.6 is 0 Å². The molecule has 86 valence electrons. The molecule has 3 rings (SSSR count). The summed E-state index contributed by atoms with van der Waals surface area (Å²) in [4.78, 5) is 6.50. The van der Waals surface area contributed by atoms with Gasteiger partial charge in [0.05, 0.1) is 0 Å². The van der Waals surface area contributed by atoms with Gasteiger partial charge in [-0.15, -0.1) is 0 Å². The van der Waals surface area contributed by atoms with E-state index < -0.39 is 0 Å². The van der Waals surface area contributed by atoms with E-state index in [1.165, 1.54) is 28.8 Å². The summed E-state index contributed by atoms with van der Waals surface area (Å²) in [6, 6.07) is 10.9. The van der Waals surface area contributed by atoms with Crippen LogP contribution in [0.3, 0.4) is 0 Å². The van der Waals surface area contributed by atoms with Gasteiger partial charge in [-0.3, -0.25) is 4.98 Å². The average molecular weight is 224 g/mol. The van der Waals surface area contributed by atoms with E-state index in [4.69, 9.17) is 0 Å². The minimum atomic E-state index is 1.10. The minimum absolute atomic E-state index is 1.10. The summed E-state index contributed by atoms with van der Waals surface area (Å²) >= 11 is 0. The highest BCUT2D eigenvalue weighted by molar-refractivity contribution is 5.70. The first-order valence-corrected chi connectivity index (χ1v) is 6.17. The summed E-state index contributed by atoms with van der Waals surface area (Å²) in [5, 5.41) is 0. The molecule has 1 aromatic carbocycles. The van der Waals surface area contributed by atoms with Crippen molar-refractivity contribution in [3.63, 3.8) is 0 Å². The van der Waals surface area contributed by atoms with Crippen molar-refractivity contribution in [1.82, 2.24) is 4.98 Å². The highest BCUT2D eigenvalue weighted by Crippen LogP contribution is 2.31. The van der Waals surface area contributed by atoms with E-state index in [1.54, 1.807) is 0 Å². The van der Waals surface area contributed by atoms with Crippen LogP contribution in [0.5, 0.6) is 0 Å². The molecule has 2 heterocycles. The van der Waals surface area contributed by atoms with Gasteiger partial charge in [0.2, 0.25) is 0 Å². The number of anilines is 1. The van der Waals surface area contributed by atoms with Crippen LogP contribution in [0.4, 0.5) is 5.69 Å². The average Bonchev–Trinajstić information content (AvgIpc) is 2.81. The fourth-order valence-electron chi connectivity index (χ4n) is 2.52. The van der Waals surface area contributed by atoms with Gasteiger partial charge in [0.15, 0.2) is 0 Å². The molecule has 0 amide bonds. The molecule has 0 bridgehead atoms. The second-order valence-corrected chi connectivity index (χ2v) is 4.41. The van der Waals surface area contributed by atoms with Gasteiger partial charge in [-0.05, 0) is 54.3 Å². The highest BCUT2D eigenvalue weighted by Gasteiger charge is 2.17. The van der Waals surface area contributed by atoms with Gasteiger partial charge in [0.1, 0.15) is 0 Å². The van der Waals surface area contributed by atoms with Crippen molar-refractivity contribution in [1.29, 1.82) is 0 Å². The van der Waals surface area contributed by atoms with Crippen molar-refractivity contribution < 1.29 is 0 Å². The maximum absolute atomic E-state index is 4.06. The lowest BCUT2D eigenvalue weighted by Gasteiger charge is -2.16. The van der Waals surface area contributed by atoms with Gasteiger partial charge >= 0.3 is 0 Å². The summed E-state index contributed by atoms with van der Waals surface area (Å²) in [7, 11) is 0. The van der Waals surface area contributed by atoms with Crippen LogP contribution in [-0.4, -0.2) is 18.1 Å². The lowest BCUT2D eigenvalue weighted by molar-refractivity contribution is 0.868. The molecule has 2 aromatic rings. The quantitative estimate of drug-likeness (QED) is 0.779. The predicted molar refractivity (Wildman–Crippen MR) is 71.3 cm³/mol. The van der Waals surface area contributed by atoms with E-state index in [-0.39, 0.29) is 0 Å². The Morgan fingerprint density at radius 3 is 2.71 bits per heavy atom. The van der Waals surface area contributed by atoms with E-state index in [9.17, 15) is 0 Å². The number of fused-ring (bicyclic) bond motifs is 1. The molecule has 1 aliphatic heterocycles. The summed E-state index contributed by atoms with van der Waals surface area (Å²) in [5.74, 6) is 0. The van der Waals surface area contributed by atoms with Crippen LogP contribution in [0.1, 0.15) is 12.5 Å². The second kappa shape index (κ2) is 4.21. The van der Waals surface area contributed by atoms with E-state index in [1.807, 2.05) is 12.4 Å². The molecule has 0 atom stereocenters. The van der Waals surface area contributed by atoms with Gasteiger partial charge in [-0.2, -0.15) is 0 Å². The zero-order chi connectivity index (χ0) is 11.7. The molecule has 0 saturated heterocycles. The molecular formula is C15H16N2. The van der Waals surface area contributed by atoms with Crippen LogP contribution in [0.2, 0.25) is 0 Å². The fourth-order valence-corrected chi connectivity index (χ4v) is 2.52. The van der Waals surface area contributed by atoms with Crippen LogP contribution in [0.15, 0.2) is 42.7 Å². The Labute approximate surface area is 102 Å². The van der Waals surface area contributed by atoms with Gasteiger partial charge < -0.3 is 4.90 Å². The number of pyridine rings is 1. The van der Waals surface area contributed by atoms with Crippen molar-refractivity contribution in [3.8, 4) is 11.1 Å². The molecule has 2 heteroatoms. The van der Waals surface area contributed by atoms with E-state index in [0.717, 1.165) is 13.1 Å². The molecule has 1 aliphatic rings. The van der Waals surface area contributed by atoms with Crippen molar-refractivity contribution >= 4 is 5.69 Å². The van der Waals surface area contributed by atoms with Gasteiger partial charge in [0.25, 0.3) is 0 Å². The molecule has 0 aliphatic carbocycles. The smallest absolute Gasteiger partial charge is 0.0399 e. The Balaban J connectivity index is 2.01. The van der Waals surface area contributed by atoms with Crippen LogP contribution in [0.25, 0.3) is 11.1 Å². The zero-order valence-electron chi connectivity index (χ0n) is 10.1. The first kappa shape index (κ1) is 10.3. The maximum atomic E-state index is 4.06. The molecule has 1 aromatic heterocycles. The molecule has 0 saturated carbocycles. The van der Waals surface area contributed by atoms with E-state index in [2.05, 4.69) is 47.1 Å². The summed E-state index contributed by atoms with van der Waals surface area (Å²) in [6.07, 6.45) is 4.86. The number of hydrogen-bond donors (Lipinski definition) is 0. The van der Waals surface area contributed by atoms with Crippen molar-refractivity contribution in [2.45, 2.75) is 13.3 Å². The Morgan fingerprint density at radius 1 is 1.12 bits per heavy atom. The Kier molecular flexibility index (Phi) is 2.56. The first-order chi connectivity index (χ1) is 8.38. The third-order valence-corrected chi connectivity index (χ3v) is 3.47. The monoisotopic (exact) mass is 224 g/mol. The predicted octanol–water partition coefficient (Wildman–Crippen LogP) is 3.13. The Morgan fingerprint density at radius 2 is 1.94 bits per heavy atom. The summed E-state index contributed by atoms with van der Waals surface area (Å²) in [5.41, 5.74) is 5.42. The Hall–Kier alpha value is -1.83. The largest absolute Gasteiger partial charge is 0.371 e. The topological polar surface area (TPSA) is 16.1 Å². The van der Waals surface area contributed by atoms with Crippen molar-refractivity contribution in [3.05, 3.63) is 48.3 Å². The van der Waals surface area contributed by atoms with Crippen LogP contribution < -0.4 is 4.90 Å². The van der Waals surface area contributed by atoms with Crippen LogP contribution in [0, 0.1) is 0 Å². The number of rotatable bonds is 2. The van der Waals surface area contributed by atoms with Gasteiger partial charge in [0, 0.05) is 31.2 Å². The summed E-state index contributed by atoms with van der Waals surface area (Å²) in [6.45, 7) is 4.47. The highest BCUT2D eigenvalue weighted by atomic mass is 15.1. The standard InChI is InChI=1S/C15H16N2/c1-2-17-10-7-14-11-13(3-4-15(14)17)12-5-8-16-9-6-12/h3-6,8-9,11H,2,7,10H2,1H3. The van der Waals surface area contributed by atoms with Crippen LogP contribution in [-0.2, 0) is 6.42 Å². The number of benzene rings is 1. The van der Waals surface area contributed by atoms with E-state index >= 15 is 0 Å². The number of aromatic nitrogens is 1. The third kappa shape index (κ3) is 1.80. The molecular weight excluding hydrogens is 208 g/mol. The second-order valence-electron chi connectivity index (χ2n) is 4.41. The minimum Gasteiger partial charge on any atom is -0.371 e. The molecule has 2 nitrogen and oxygen atoms in total. The maximum Gasteiger partial charge on any atom is 0.0399 e. The van der Waals surface area contributed by atoms with E-state index in [0.29, 0.717) is 0 Å². The number of hydrogen-bond acceptors (Lipinski definition) is 2. The fraction of sp³-hybridized carbons (Fsp3) is 0.267. The zero-order valence-corrected chi connectivity index (χ0v) is 10.1. The summed E-state index contributed by atoms with van der Waals surface area (Å²) < 4.78 is 0. The van der Waals surface area contributed by atoms with Crippen molar-refractivity contribution in [2.24, 2.45) is 0 Å². The Bertz CT molecular complexity index is 520. The number of likely N-dealkylation sites (N-methyl/N-ethyl adjacent to an activating group) is 1. The molecule has 0 fully saturated rings. The SMILES string of the molecule is CCN1CCc2cc(-c3ccncc3)ccc21. The lowest BCUT2D eigenvalue weighted by atomic mass is 10.0. The molecule has 0 spiro atoms. The number of nitrogens with zero attached hydrogens (tertiary/aromatic N) is 2. The first-order valence-electron chi connectivity index (χ1n) is 6.17. The molecule has 17 heavy (non-hydrogen) atoms. The molecule has 0 N–H and O–H groups in total. The lowest BCUT2D eigenvalue weighted by Crippen LogP contribution is -2.18. The normalized spacial score (nSPS) is 13.8. The van der Waals surface area contributed by atoms with Crippen molar-refractivity contribution in [2.75, 3.05) is 18.0 Å².